The van der Waals surface area contributed by atoms with E-state index in [1.165, 1.54) is 25.7 Å². The van der Waals surface area contributed by atoms with Crippen LogP contribution in [0, 0.1) is 17.8 Å². The molecule has 0 radical (unpaired) electrons. The zero-order valence-corrected chi connectivity index (χ0v) is 10.9. The molecule has 1 aliphatic heterocycles. The zero-order chi connectivity index (χ0) is 11.5. The van der Waals surface area contributed by atoms with Crippen LogP contribution in [0.4, 0.5) is 0 Å². The molecule has 0 aromatic heterocycles. The van der Waals surface area contributed by atoms with Gasteiger partial charge in [-0.05, 0) is 30.6 Å². The van der Waals surface area contributed by atoms with Crippen molar-refractivity contribution in [3.05, 3.63) is 0 Å². The minimum atomic E-state index is 0.263. The van der Waals surface area contributed by atoms with E-state index in [1.54, 1.807) is 0 Å². The van der Waals surface area contributed by atoms with Gasteiger partial charge in [0.05, 0.1) is 0 Å². The second-order valence-corrected chi connectivity index (χ2v) is 5.78. The first-order chi connectivity index (χ1) is 7.72. The highest BCUT2D eigenvalue weighted by Crippen LogP contribution is 2.37. The van der Waals surface area contributed by atoms with E-state index in [4.69, 9.17) is 11.6 Å². The Hall–Kier alpha value is -0.240. The van der Waals surface area contributed by atoms with Gasteiger partial charge in [-0.2, -0.15) is 0 Å². The minimum absolute atomic E-state index is 0.263. The van der Waals surface area contributed by atoms with Gasteiger partial charge < -0.3 is 4.90 Å². The van der Waals surface area contributed by atoms with Gasteiger partial charge >= 0.3 is 0 Å². The molecule has 2 nitrogen and oxygen atoms in total. The summed E-state index contributed by atoms with van der Waals surface area (Å²) in [5.74, 6) is 3.00. The van der Waals surface area contributed by atoms with Crippen molar-refractivity contribution in [1.29, 1.82) is 0 Å². The van der Waals surface area contributed by atoms with Crippen molar-refractivity contribution < 1.29 is 4.79 Å². The predicted octanol–water partition coefficient (Wildman–Crippen LogP) is 2.90. The molecule has 2 aliphatic rings. The Morgan fingerprint density at radius 1 is 1.25 bits per heavy atom. The average Bonchev–Trinajstić information content (AvgIpc) is 2.39. The minimum Gasteiger partial charge on any atom is -0.342 e. The number of nitrogens with zero attached hydrogens (tertiary/aromatic N) is 1. The van der Waals surface area contributed by atoms with Gasteiger partial charge in [-0.15, -0.1) is 11.6 Å². The van der Waals surface area contributed by atoms with E-state index < -0.39 is 0 Å². The van der Waals surface area contributed by atoms with Crippen molar-refractivity contribution in [3.63, 3.8) is 0 Å². The van der Waals surface area contributed by atoms with Gasteiger partial charge in [-0.25, -0.2) is 0 Å². The van der Waals surface area contributed by atoms with Crippen LogP contribution in [0.2, 0.25) is 0 Å². The number of piperidine rings is 1. The van der Waals surface area contributed by atoms with Crippen molar-refractivity contribution in [3.8, 4) is 0 Å². The van der Waals surface area contributed by atoms with E-state index in [0.717, 1.165) is 30.8 Å². The molecule has 2 unspecified atom stereocenters. The van der Waals surface area contributed by atoms with Crippen molar-refractivity contribution in [2.75, 3.05) is 19.0 Å². The van der Waals surface area contributed by atoms with Gasteiger partial charge in [0, 0.05) is 25.4 Å². The van der Waals surface area contributed by atoms with E-state index in [0.29, 0.717) is 12.3 Å². The lowest BCUT2D eigenvalue weighted by Gasteiger charge is -2.41. The number of hydrogen-bond acceptors (Lipinski definition) is 1. The largest absolute Gasteiger partial charge is 0.342 e. The van der Waals surface area contributed by atoms with Gasteiger partial charge in [0.25, 0.3) is 0 Å². The molecule has 1 saturated carbocycles. The lowest BCUT2D eigenvalue weighted by Crippen LogP contribution is -2.47. The number of carbonyl (C=O) groups excluding carboxylic acids is 1. The maximum absolute atomic E-state index is 11.9. The molecule has 1 aliphatic carbocycles. The number of carbonyl (C=O) groups is 1. The van der Waals surface area contributed by atoms with E-state index in [1.807, 2.05) is 0 Å². The molecule has 2 atom stereocenters. The fraction of sp³-hybridized carbons (Fsp3) is 0.923. The topological polar surface area (TPSA) is 20.3 Å². The summed E-state index contributed by atoms with van der Waals surface area (Å²) in [6.45, 7) is 4.34. The van der Waals surface area contributed by atoms with Crippen LogP contribution in [0.1, 0.15) is 39.0 Å². The third-order valence-corrected chi connectivity index (χ3v) is 4.65. The first-order valence-corrected chi connectivity index (χ1v) is 7.09. The Kier molecular flexibility index (Phi) is 4.12. The number of alkyl halides is 1. The van der Waals surface area contributed by atoms with Gasteiger partial charge in [0.15, 0.2) is 0 Å². The summed E-state index contributed by atoms with van der Waals surface area (Å²) >= 11 is 5.65. The van der Waals surface area contributed by atoms with E-state index >= 15 is 0 Å². The normalized spacial score (nSPS) is 34.6. The Bertz CT molecular complexity index is 240. The number of halogens is 1. The van der Waals surface area contributed by atoms with Gasteiger partial charge in [-0.1, -0.05) is 19.8 Å². The zero-order valence-electron chi connectivity index (χ0n) is 10.1. The lowest BCUT2D eigenvalue weighted by atomic mass is 9.78. The Morgan fingerprint density at radius 2 is 1.81 bits per heavy atom. The summed E-state index contributed by atoms with van der Waals surface area (Å²) in [7, 11) is 0. The number of fused-ring (bicyclic) bond motifs is 2. The molecule has 1 heterocycles. The van der Waals surface area contributed by atoms with Crippen LogP contribution in [-0.4, -0.2) is 29.8 Å². The van der Waals surface area contributed by atoms with Crippen LogP contribution in [-0.2, 0) is 4.79 Å². The third-order valence-electron chi connectivity index (χ3n) is 4.46. The first kappa shape index (κ1) is 12.2. The van der Waals surface area contributed by atoms with Crippen LogP contribution < -0.4 is 0 Å². The second kappa shape index (κ2) is 5.39. The molecule has 0 spiro atoms. The molecule has 3 heteroatoms. The average molecular weight is 244 g/mol. The summed E-state index contributed by atoms with van der Waals surface area (Å²) in [4.78, 5) is 14.0. The van der Waals surface area contributed by atoms with Crippen molar-refractivity contribution in [2.24, 2.45) is 17.8 Å². The Labute approximate surface area is 103 Å². The summed E-state index contributed by atoms with van der Waals surface area (Å²) in [6, 6.07) is 0. The Morgan fingerprint density at radius 3 is 2.31 bits per heavy atom. The highest BCUT2D eigenvalue weighted by Gasteiger charge is 2.36. The quantitative estimate of drug-likeness (QED) is 0.683. The number of likely N-dealkylation sites (tertiary alicyclic amines) is 1. The monoisotopic (exact) mass is 243 g/mol. The molecular weight excluding hydrogens is 222 g/mol. The van der Waals surface area contributed by atoms with Crippen molar-refractivity contribution in [1.82, 2.24) is 4.90 Å². The smallest absolute Gasteiger partial charge is 0.223 e. The van der Waals surface area contributed by atoms with Crippen molar-refractivity contribution in [2.45, 2.75) is 39.0 Å². The van der Waals surface area contributed by atoms with Crippen LogP contribution in [0.15, 0.2) is 0 Å². The summed E-state index contributed by atoms with van der Waals surface area (Å²) < 4.78 is 0. The van der Waals surface area contributed by atoms with Gasteiger partial charge in [-0.3, -0.25) is 4.79 Å². The fourth-order valence-corrected chi connectivity index (χ4v) is 3.48. The van der Waals surface area contributed by atoms with Crippen LogP contribution >= 0.6 is 11.6 Å². The van der Waals surface area contributed by atoms with E-state index in [9.17, 15) is 4.79 Å². The molecule has 1 amide bonds. The second-order valence-electron chi connectivity index (χ2n) is 5.40. The molecule has 2 rings (SSSR count). The van der Waals surface area contributed by atoms with Crippen LogP contribution in [0.5, 0.6) is 0 Å². The fourth-order valence-electron chi connectivity index (χ4n) is 3.32. The van der Waals surface area contributed by atoms with Crippen molar-refractivity contribution >= 4 is 17.5 Å². The number of amides is 1. The van der Waals surface area contributed by atoms with Gasteiger partial charge in [0.1, 0.15) is 0 Å². The lowest BCUT2D eigenvalue weighted by molar-refractivity contribution is -0.134. The molecule has 0 aromatic carbocycles. The molecule has 92 valence electrons. The summed E-state index contributed by atoms with van der Waals surface area (Å²) in [5.41, 5.74) is 0. The maximum atomic E-state index is 11.9. The van der Waals surface area contributed by atoms with Crippen LogP contribution in [0.25, 0.3) is 0 Å². The first-order valence-electron chi connectivity index (χ1n) is 6.56. The highest BCUT2D eigenvalue weighted by molar-refractivity contribution is 6.18. The molecule has 0 N–H and O–H groups in total. The molecule has 0 aromatic rings. The van der Waals surface area contributed by atoms with E-state index in [2.05, 4.69) is 11.8 Å². The molecule has 2 bridgehead atoms. The standard InChI is InChI=1S/C13H22ClNO/c1-10-11-4-2-3-5-12(10)9-15(8-11)13(16)6-7-14/h10-12H,2-9H2,1H3. The molecular formula is C13H22ClNO. The van der Waals surface area contributed by atoms with Crippen LogP contribution in [0.3, 0.4) is 0 Å². The molecule has 16 heavy (non-hydrogen) atoms. The van der Waals surface area contributed by atoms with Gasteiger partial charge in [0.2, 0.25) is 5.91 Å². The summed E-state index contributed by atoms with van der Waals surface area (Å²) in [5, 5.41) is 0. The SMILES string of the molecule is CC1C2CCCCC1CN(C(=O)CCCl)C2. The predicted molar refractivity (Wildman–Crippen MR) is 66.5 cm³/mol. The molecule has 1 saturated heterocycles. The number of hydrogen-bond donors (Lipinski definition) is 0. The van der Waals surface area contributed by atoms with E-state index in [-0.39, 0.29) is 5.91 Å². The maximum Gasteiger partial charge on any atom is 0.223 e. The third kappa shape index (κ3) is 2.53. The Balaban J connectivity index is 2.02. The summed E-state index contributed by atoms with van der Waals surface area (Å²) in [6.07, 6.45) is 5.83. The highest BCUT2D eigenvalue weighted by atomic mass is 35.5. The number of rotatable bonds is 2. The molecule has 2 fully saturated rings.